The van der Waals surface area contributed by atoms with Crippen LogP contribution in [0.2, 0.25) is 10.0 Å². The number of halogens is 3. The van der Waals surface area contributed by atoms with Crippen molar-refractivity contribution in [2.24, 2.45) is 0 Å². The number of benzene rings is 1. The van der Waals surface area contributed by atoms with Gasteiger partial charge in [0, 0.05) is 0 Å². The van der Waals surface area contributed by atoms with Crippen LogP contribution in [0.4, 0.5) is 27.4 Å². The van der Waals surface area contributed by atoms with Crippen molar-refractivity contribution < 1.29 is 9.31 Å². The van der Waals surface area contributed by atoms with Gasteiger partial charge in [0.05, 0.1) is 32.8 Å². The van der Waals surface area contributed by atoms with Crippen molar-refractivity contribution >= 4 is 46.2 Å². The summed E-state index contributed by atoms with van der Waals surface area (Å²) in [6.45, 7) is 0. The van der Waals surface area contributed by atoms with Gasteiger partial charge in [0.15, 0.2) is 0 Å². The molecule has 20 heavy (non-hydrogen) atoms. The lowest BCUT2D eigenvalue weighted by Crippen LogP contribution is -2.01. The molecule has 6 nitrogen and oxygen atoms in total. The molecule has 2 rings (SSSR count). The lowest BCUT2D eigenvalue weighted by Gasteiger charge is -2.10. The second kappa shape index (κ2) is 5.48. The van der Waals surface area contributed by atoms with Crippen molar-refractivity contribution in [3.05, 3.63) is 50.2 Å². The van der Waals surface area contributed by atoms with Gasteiger partial charge in [-0.2, -0.15) is 0 Å². The maximum Gasteiger partial charge on any atom is 0.276 e. The third-order valence-electron chi connectivity index (χ3n) is 2.30. The Morgan fingerprint density at radius 1 is 1.25 bits per heavy atom. The van der Waals surface area contributed by atoms with E-state index >= 15 is 0 Å². The first-order valence-electron chi connectivity index (χ1n) is 5.20. The molecule has 0 spiro atoms. The third kappa shape index (κ3) is 3.06. The van der Waals surface area contributed by atoms with Gasteiger partial charge in [-0.3, -0.25) is 10.1 Å². The zero-order chi connectivity index (χ0) is 14.9. The van der Waals surface area contributed by atoms with Gasteiger partial charge in [-0.1, -0.05) is 23.2 Å². The van der Waals surface area contributed by atoms with E-state index < -0.39 is 10.7 Å². The standard InChI is InChI=1S/C11H7Cl2FN4O2/c12-7-1-5(14)2-8(13)11(7)17-10-4-6(18(19)20)3-9(15)16-10/h1-4H,(H3,15,16,17). The SMILES string of the molecule is Nc1cc([N+](=O)[O-])cc(Nc2c(Cl)cc(F)cc2Cl)n1. The highest BCUT2D eigenvalue weighted by Crippen LogP contribution is 2.34. The Morgan fingerprint density at radius 3 is 2.40 bits per heavy atom. The molecule has 104 valence electrons. The van der Waals surface area contributed by atoms with Crippen LogP contribution in [-0.2, 0) is 0 Å². The van der Waals surface area contributed by atoms with Gasteiger partial charge in [-0.15, -0.1) is 0 Å². The van der Waals surface area contributed by atoms with Crippen LogP contribution in [0.15, 0.2) is 24.3 Å². The molecular weight excluding hydrogens is 310 g/mol. The summed E-state index contributed by atoms with van der Waals surface area (Å²) in [5.74, 6) is -0.569. The minimum absolute atomic E-state index is 0.0156. The van der Waals surface area contributed by atoms with Crippen molar-refractivity contribution in [3.63, 3.8) is 0 Å². The van der Waals surface area contributed by atoms with Crippen molar-refractivity contribution in [1.82, 2.24) is 4.98 Å². The van der Waals surface area contributed by atoms with Gasteiger partial charge in [0.25, 0.3) is 5.69 Å². The molecule has 9 heteroatoms. The van der Waals surface area contributed by atoms with Gasteiger partial charge in [0.1, 0.15) is 17.5 Å². The van der Waals surface area contributed by atoms with Crippen molar-refractivity contribution in [1.29, 1.82) is 0 Å². The van der Waals surface area contributed by atoms with Gasteiger partial charge in [0.2, 0.25) is 0 Å². The Morgan fingerprint density at radius 2 is 1.85 bits per heavy atom. The molecule has 0 saturated carbocycles. The predicted molar refractivity (Wildman–Crippen MR) is 75.0 cm³/mol. The fraction of sp³-hybridized carbons (Fsp3) is 0. The normalized spacial score (nSPS) is 10.3. The Hall–Kier alpha value is -2.12. The second-order valence-electron chi connectivity index (χ2n) is 3.76. The van der Waals surface area contributed by atoms with Crippen LogP contribution in [0.5, 0.6) is 0 Å². The number of hydrogen-bond donors (Lipinski definition) is 2. The molecule has 0 atom stereocenters. The summed E-state index contributed by atoms with van der Waals surface area (Å²) in [6, 6.07) is 4.37. The topological polar surface area (TPSA) is 94.1 Å². The molecule has 0 radical (unpaired) electrons. The van der Waals surface area contributed by atoms with Gasteiger partial charge < -0.3 is 11.1 Å². The number of rotatable bonds is 3. The quantitative estimate of drug-likeness (QED) is 0.664. The average molecular weight is 317 g/mol. The van der Waals surface area contributed by atoms with Crippen molar-refractivity contribution in [3.8, 4) is 0 Å². The molecular formula is C11H7Cl2FN4O2. The molecule has 0 aliphatic heterocycles. The minimum atomic E-state index is -0.614. The zero-order valence-corrected chi connectivity index (χ0v) is 11.2. The number of nitrogen functional groups attached to an aromatic ring is 1. The average Bonchev–Trinajstić information content (AvgIpc) is 2.33. The summed E-state index contributed by atoms with van der Waals surface area (Å²) >= 11 is 11.7. The summed E-state index contributed by atoms with van der Waals surface area (Å²) < 4.78 is 13.1. The first-order valence-corrected chi connectivity index (χ1v) is 5.96. The van der Waals surface area contributed by atoms with E-state index in [0.717, 1.165) is 24.3 Å². The lowest BCUT2D eigenvalue weighted by atomic mass is 10.3. The smallest absolute Gasteiger partial charge is 0.276 e. The summed E-state index contributed by atoms with van der Waals surface area (Å²) in [5, 5.41) is 13.4. The van der Waals surface area contributed by atoms with Crippen LogP contribution < -0.4 is 11.1 Å². The van der Waals surface area contributed by atoms with E-state index in [4.69, 9.17) is 28.9 Å². The third-order valence-corrected chi connectivity index (χ3v) is 2.90. The van der Waals surface area contributed by atoms with Crippen LogP contribution in [0, 0.1) is 15.9 Å². The molecule has 0 unspecified atom stereocenters. The molecule has 1 aromatic heterocycles. The molecule has 1 heterocycles. The number of nitro groups is 1. The molecule has 0 amide bonds. The summed E-state index contributed by atoms with van der Waals surface area (Å²) in [7, 11) is 0. The number of nitrogens with zero attached hydrogens (tertiary/aromatic N) is 2. The first kappa shape index (κ1) is 14.3. The molecule has 0 aliphatic carbocycles. The van der Waals surface area contributed by atoms with E-state index in [1.54, 1.807) is 0 Å². The van der Waals surface area contributed by atoms with Crippen LogP contribution in [0.1, 0.15) is 0 Å². The van der Waals surface area contributed by atoms with Crippen molar-refractivity contribution in [2.75, 3.05) is 11.1 Å². The van der Waals surface area contributed by atoms with E-state index in [1.807, 2.05) is 0 Å². The van der Waals surface area contributed by atoms with Crippen LogP contribution in [0.25, 0.3) is 0 Å². The second-order valence-corrected chi connectivity index (χ2v) is 4.58. The molecule has 3 N–H and O–H groups in total. The van der Waals surface area contributed by atoms with Gasteiger partial charge >= 0.3 is 0 Å². The maximum absolute atomic E-state index is 13.1. The van der Waals surface area contributed by atoms with Gasteiger partial charge in [-0.25, -0.2) is 9.37 Å². The van der Waals surface area contributed by atoms with Crippen LogP contribution in [-0.4, -0.2) is 9.91 Å². The molecule has 0 fully saturated rings. The van der Waals surface area contributed by atoms with E-state index in [-0.39, 0.29) is 33.1 Å². The Kier molecular flexibility index (Phi) is 3.91. The van der Waals surface area contributed by atoms with E-state index in [9.17, 15) is 14.5 Å². The molecule has 0 aliphatic rings. The summed E-state index contributed by atoms with van der Waals surface area (Å²) in [4.78, 5) is 14.0. The summed E-state index contributed by atoms with van der Waals surface area (Å²) in [5.41, 5.74) is 5.41. The highest BCUT2D eigenvalue weighted by atomic mass is 35.5. The number of anilines is 3. The first-order chi connectivity index (χ1) is 9.36. The van der Waals surface area contributed by atoms with Gasteiger partial charge in [-0.05, 0) is 12.1 Å². The van der Waals surface area contributed by atoms with E-state index in [2.05, 4.69) is 10.3 Å². The van der Waals surface area contributed by atoms with Crippen LogP contribution >= 0.6 is 23.2 Å². The number of aromatic nitrogens is 1. The highest BCUT2D eigenvalue weighted by Gasteiger charge is 2.13. The molecule has 0 saturated heterocycles. The monoisotopic (exact) mass is 316 g/mol. The minimum Gasteiger partial charge on any atom is -0.383 e. The largest absolute Gasteiger partial charge is 0.383 e. The number of nitrogens with one attached hydrogen (secondary N) is 1. The van der Waals surface area contributed by atoms with Crippen molar-refractivity contribution in [2.45, 2.75) is 0 Å². The number of hydrogen-bond acceptors (Lipinski definition) is 5. The summed E-state index contributed by atoms with van der Waals surface area (Å²) in [6.07, 6.45) is 0. The zero-order valence-electron chi connectivity index (χ0n) is 9.73. The Balaban J connectivity index is 2.42. The Labute approximate surface area is 122 Å². The number of nitrogens with two attached hydrogens (primary N) is 1. The predicted octanol–water partition coefficient (Wildman–Crippen LogP) is 3.76. The molecule has 0 bridgehead atoms. The van der Waals surface area contributed by atoms with E-state index in [0.29, 0.717) is 0 Å². The molecule has 1 aromatic carbocycles. The van der Waals surface area contributed by atoms with E-state index in [1.165, 1.54) is 0 Å². The fourth-order valence-electron chi connectivity index (χ4n) is 1.50. The lowest BCUT2D eigenvalue weighted by molar-refractivity contribution is -0.384. The van der Waals surface area contributed by atoms with Crippen LogP contribution in [0.3, 0.4) is 0 Å². The maximum atomic E-state index is 13.1. The highest BCUT2D eigenvalue weighted by molar-refractivity contribution is 6.39. The molecule has 2 aromatic rings. The Bertz CT molecular complexity index is 673. The fourth-order valence-corrected chi connectivity index (χ4v) is 2.05. The number of pyridine rings is 1.